The Morgan fingerprint density at radius 2 is 1.95 bits per heavy atom. The van der Waals surface area contributed by atoms with E-state index in [2.05, 4.69) is 0 Å². The van der Waals surface area contributed by atoms with Gasteiger partial charge < -0.3 is 9.64 Å². The van der Waals surface area contributed by atoms with Crippen LogP contribution in [0.5, 0.6) is 5.75 Å². The van der Waals surface area contributed by atoms with Crippen molar-refractivity contribution < 1.29 is 9.53 Å². The minimum Gasteiger partial charge on any atom is -0.494 e. The van der Waals surface area contributed by atoms with Gasteiger partial charge >= 0.3 is 0 Å². The number of carbonyl (C=O) groups excluding carboxylic acids is 1. The Balaban J connectivity index is 1.63. The van der Waals surface area contributed by atoms with Crippen LogP contribution in [0.2, 0.25) is 0 Å². The standard InChI is InChI=1S/C17H23NO2/c1-3-20-16-7-5-4-6-12(16)11-18(2)17(19)15-9-13-8-14(13)10-15/h4-7,13-15H,3,8-11H2,1-2H3. The Labute approximate surface area is 120 Å². The molecule has 1 amide bonds. The lowest BCUT2D eigenvalue weighted by Gasteiger charge is -2.23. The Morgan fingerprint density at radius 1 is 1.25 bits per heavy atom. The molecule has 2 aliphatic carbocycles. The second-order valence-electron chi connectivity index (χ2n) is 6.16. The Morgan fingerprint density at radius 3 is 2.65 bits per heavy atom. The Kier molecular flexibility index (Phi) is 3.68. The topological polar surface area (TPSA) is 29.5 Å². The maximum atomic E-state index is 12.5. The van der Waals surface area contributed by atoms with Gasteiger partial charge in [-0.2, -0.15) is 0 Å². The first-order chi connectivity index (χ1) is 9.69. The molecule has 0 spiro atoms. The highest BCUT2D eigenvalue weighted by Crippen LogP contribution is 2.54. The number of fused-ring (bicyclic) bond motifs is 1. The van der Waals surface area contributed by atoms with Gasteiger partial charge in [0.1, 0.15) is 5.75 Å². The zero-order valence-electron chi connectivity index (χ0n) is 12.3. The van der Waals surface area contributed by atoms with E-state index in [0.717, 1.165) is 36.0 Å². The van der Waals surface area contributed by atoms with Crippen LogP contribution in [0.4, 0.5) is 0 Å². The van der Waals surface area contributed by atoms with Crippen LogP contribution in [0, 0.1) is 17.8 Å². The average molecular weight is 273 g/mol. The van der Waals surface area contributed by atoms with Gasteiger partial charge in [-0.15, -0.1) is 0 Å². The zero-order valence-corrected chi connectivity index (χ0v) is 12.3. The van der Waals surface area contributed by atoms with Crippen molar-refractivity contribution in [2.75, 3.05) is 13.7 Å². The summed E-state index contributed by atoms with van der Waals surface area (Å²) in [6.07, 6.45) is 3.59. The van der Waals surface area contributed by atoms with Crippen LogP contribution in [0.1, 0.15) is 31.7 Å². The maximum absolute atomic E-state index is 12.5. The summed E-state index contributed by atoms with van der Waals surface area (Å²) in [4.78, 5) is 14.3. The fourth-order valence-electron chi connectivity index (χ4n) is 3.49. The molecule has 1 aromatic carbocycles. The normalized spacial score (nSPS) is 27.0. The summed E-state index contributed by atoms with van der Waals surface area (Å²) in [6, 6.07) is 7.99. The number of hydrogen-bond acceptors (Lipinski definition) is 2. The van der Waals surface area contributed by atoms with Crippen LogP contribution in [-0.4, -0.2) is 24.5 Å². The number of carbonyl (C=O) groups is 1. The van der Waals surface area contributed by atoms with Crippen LogP contribution >= 0.6 is 0 Å². The first kappa shape index (κ1) is 13.5. The predicted molar refractivity (Wildman–Crippen MR) is 78.4 cm³/mol. The zero-order chi connectivity index (χ0) is 14.1. The lowest BCUT2D eigenvalue weighted by Crippen LogP contribution is -2.32. The van der Waals surface area contributed by atoms with Crippen molar-refractivity contribution in [2.45, 2.75) is 32.7 Å². The van der Waals surface area contributed by atoms with Crippen molar-refractivity contribution in [3.05, 3.63) is 29.8 Å². The van der Waals surface area contributed by atoms with Gasteiger partial charge in [0.2, 0.25) is 5.91 Å². The molecule has 0 heterocycles. The molecule has 2 fully saturated rings. The first-order valence-electron chi connectivity index (χ1n) is 7.64. The summed E-state index contributed by atoms with van der Waals surface area (Å²) >= 11 is 0. The van der Waals surface area contributed by atoms with Crippen LogP contribution < -0.4 is 4.74 Å². The van der Waals surface area contributed by atoms with Gasteiger partial charge in [-0.25, -0.2) is 0 Å². The molecule has 0 aromatic heterocycles. The second kappa shape index (κ2) is 5.47. The average Bonchev–Trinajstić information content (AvgIpc) is 3.07. The fraction of sp³-hybridized carbons (Fsp3) is 0.588. The van der Waals surface area contributed by atoms with Crippen LogP contribution in [0.15, 0.2) is 24.3 Å². The van der Waals surface area contributed by atoms with Crippen molar-refractivity contribution in [1.82, 2.24) is 4.90 Å². The number of nitrogens with zero attached hydrogens (tertiary/aromatic N) is 1. The third-order valence-corrected chi connectivity index (χ3v) is 4.65. The highest BCUT2D eigenvalue weighted by molar-refractivity contribution is 5.79. The summed E-state index contributed by atoms with van der Waals surface area (Å²) in [5.74, 6) is 3.18. The number of ether oxygens (including phenoxy) is 1. The van der Waals surface area contributed by atoms with Crippen LogP contribution in [-0.2, 0) is 11.3 Å². The molecular weight excluding hydrogens is 250 g/mol. The molecule has 2 saturated carbocycles. The van der Waals surface area contributed by atoms with Gasteiger partial charge in [-0.05, 0) is 44.1 Å². The molecule has 108 valence electrons. The molecule has 0 aliphatic heterocycles. The quantitative estimate of drug-likeness (QED) is 0.825. The lowest BCUT2D eigenvalue weighted by molar-refractivity contribution is -0.134. The molecule has 20 heavy (non-hydrogen) atoms. The Hall–Kier alpha value is -1.51. The van der Waals surface area contributed by atoms with E-state index in [-0.39, 0.29) is 5.92 Å². The van der Waals surface area contributed by atoms with Crippen molar-refractivity contribution in [3.8, 4) is 5.75 Å². The molecule has 2 aliphatic rings. The summed E-state index contributed by atoms with van der Waals surface area (Å²) in [5, 5.41) is 0. The van der Waals surface area contributed by atoms with E-state index in [4.69, 9.17) is 4.74 Å². The monoisotopic (exact) mass is 273 g/mol. The molecule has 3 heteroatoms. The highest BCUT2D eigenvalue weighted by atomic mass is 16.5. The van der Waals surface area contributed by atoms with E-state index < -0.39 is 0 Å². The molecule has 0 N–H and O–H groups in total. The molecule has 3 nitrogen and oxygen atoms in total. The number of amides is 1. The van der Waals surface area contributed by atoms with Gasteiger partial charge in [-0.1, -0.05) is 18.2 Å². The molecule has 0 radical (unpaired) electrons. The highest BCUT2D eigenvalue weighted by Gasteiger charge is 2.48. The summed E-state index contributed by atoms with van der Waals surface area (Å²) in [7, 11) is 1.91. The molecule has 3 rings (SSSR count). The molecule has 1 aromatic rings. The summed E-state index contributed by atoms with van der Waals surface area (Å²) < 4.78 is 5.63. The van der Waals surface area contributed by atoms with E-state index in [1.165, 1.54) is 6.42 Å². The molecule has 0 saturated heterocycles. The van der Waals surface area contributed by atoms with Crippen molar-refractivity contribution in [1.29, 1.82) is 0 Å². The van der Waals surface area contributed by atoms with Gasteiger partial charge in [0, 0.05) is 25.1 Å². The van der Waals surface area contributed by atoms with Crippen LogP contribution in [0.25, 0.3) is 0 Å². The van der Waals surface area contributed by atoms with E-state index >= 15 is 0 Å². The smallest absolute Gasteiger partial charge is 0.225 e. The van der Waals surface area contributed by atoms with Crippen LogP contribution in [0.3, 0.4) is 0 Å². The molecule has 0 bridgehead atoms. The maximum Gasteiger partial charge on any atom is 0.225 e. The second-order valence-corrected chi connectivity index (χ2v) is 6.16. The number of benzene rings is 1. The van der Waals surface area contributed by atoms with Crippen molar-refractivity contribution in [2.24, 2.45) is 17.8 Å². The third-order valence-electron chi connectivity index (χ3n) is 4.65. The van der Waals surface area contributed by atoms with E-state index in [0.29, 0.717) is 19.1 Å². The van der Waals surface area contributed by atoms with Crippen molar-refractivity contribution >= 4 is 5.91 Å². The largest absolute Gasteiger partial charge is 0.494 e. The van der Waals surface area contributed by atoms with Crippen molar-refractivity contribution in [3.63, 3.8) is 0 Å². The summed E-state index contributed by atoms with van der Waals surface area (Å²) in [6.45, 7) is 3.28. The minimum atomic E-state index is 0.267. The van der Waals surface area contributed by atoms with E-state index in [1.54, 1.807) is 0 Å². The van der Waals surface area contributed by atoms with Gasteiger partial charge in [0.25, 0.3) is 0 Å². The lowest BCUT2D eigenvalue weighted by atomic mass is 10.0. The number of rotatable bonds is 5. The van der Waals surface area contributed by atoms with E-state index in [9.17, 15) is 4.79 Å². The minimum absolute atomic E-state index is 0.267. The van der Waals surface area contributed by atoms with E-state index in [1.807, 2.05) is 43.1 Å². The summed E-state index contributed by atoms with van der Waals surface area (Å²) in [5.41, 5.74) is 1.09. The SMILES string of the molecule is CCOc1ccccc1CN(C)C(=O)C1CC2CC2C1. The third kappa shape index (κ3) is 2.67. The number of hydrogen-bond donors (Lipinski definition) is 0. The molecule has 2 atom stereocenters. The number of para-hydroxylation sites is 1. The van der Waals surface area contributed by atoms with Gasteiger partial charge in [0.05, 0.1) is 6.61 Å². The molecular formula is C17H23NO2. The fourth-order valence-corrected chi connectivity index (χ4v) is 3.49. The van der Waals surface area contributed by atoms with Gasteiger partial charge in [-0.3, -0.25) is 4.79 Å². The first-order valence-corrected chi connectivity index (χ1v) is 7.64. The Bertz CT molecular complexity index is 490. The molecule has 2 unspecified atom stereocenters. The van der Waals surface area contributed by atoms with Gasteiger partial charge in [0.15, 0.2) is 0 Å². The predicted octanol–water partition coefficient (Wildman–Crippen LogP) is 3.09.